The van der Waals surface area contributed by atoms with Gasteiger partial charge in [-0.3, -0.25) is 0 Å². The molecule has 1 aromatic carbocycles. The van der Waals surface area contributed by atoms with E-state index < -0.39 is 12.1 Å². The number of carbonyl (C=O) groups is 1. The van der Waals surface area contributed by atoms with Crippen molar-refractivity contribution in [3.63, 3.8) is 0 Å². The van der Waals surface area contributed by atoms with E-state index in [1.165, 1.54) is 14.2 Å². The van der Waals surface area contributed by atoms with Crippen LogP contribution in [0.1, 0.15) is 17.2 Å². The molecule has 0 saturated heterocycles. The van der Waals surface area contributed by atoms with Crippen molar-refractivity contribution in [3.8, 4) is 5.75 Å². The zero-order valence-corrected chi connectivity index (χ0v) is 10.1. The van der Waals surface area contributed by atoms with Crippen LogP contribution in [-0.4, -0.2) is 32.4 Å². The SMILES string of the molecule is COCc1ccc(C(O)C(=O)OC)cc1OC. The van der Waals surface area contributed by atoms with Gasteiger partial charge in [-0.25, -0.2) is 4.79 Å². The molecular weight excluding hydrogens is 224 g/mol. The maximum Gasteiger partial charge on any atom is 0.339 e. The highest BCUT2D eigenvalue weighted by Gasteiger charge is 2.19. The zero-order chi connectivity index (χ0) is 12.8. The molecule has 0 heterocycles. The molecule has 0 aliphatic rings. The van der Waals surface area contributed by atoms with Gasteiger partial charge in [-0.05, 0) is 11.6 Å². The fraction of sp³-hybridized carbons (Fsp3) is 0.417. The normalized spacial score (nSPS) is 12.0. The Kier molecular flexibility index (Phi) is 4.93. The van der Waals surface area contributed by atoms with E-state index >= 15 is 0 Å². The lowest BCUT2D eigenvalue weighted by atomic mass is 10.1. The summed E-state index contributed by atoms with van der Waals surface area (Å²) in [7, 11) is 4.32. The summed E-state index contributed by atoms with van der Waals surface area (Å²) in [6.07, 6.45) is -1.30. The fourth-order valence-corrected chi connectivity index (χ4v) is 1.45. The van der Waals surface area contributed by atoms with E-state index in [2.05, 4.69) is 4.74 Å². The Bertz CT molecular complexity index is 388. The van der Waals surface area contributed by atoms with Gasteiger partial charge in [-0.15, -0.1) is 0 Å². The summed E-state index contributed by atoms with van der Waals surface area (Å²) in [6, 6.07) is 4.97. The Labute approximate surface area is 99.9 Å². The molecule has 0 saturated carbocycles. The van der Waals surface area contributed by atoms with E-state index in [0.717, 1.165) is 5.56 Å². The van der Waals surface area contributed by atoms with Crippen molar-refractivity contribution < 1.29 is 24.1 Å². The molecule has 0 radical (unpaired) electrons. The van der Waals surface area contributed by atoms with Crippen LogP contribution in [0.15, 0.2) is 18.2 Å². The second-order valence-corrected chi connectivity index (χ2v) is 3.43. The number of aliphatic hydroxyl groups is 1. The molecule has 1 atom stereocenters. The van der Waals surface area contributed by atoms with Crippen molar-refractivity contribution in [3.05, 3.63) is 29.3 Å². The fourth-order valence-electron chi connectivity index (χ4n) is 1.45. The topological polar surface area (TPSA) is 65.0 Å². The molecule has 1 unspecified atom stereocenters. The number of hydrogen-bond donors (Lipinski definition) is 1. The lowest BCUT2D eigenvalue weighted by molar-refractivity contribution is -0.150. The van der Waals surface area contributed by atoms with E-state index in [1.54, 1.807) is 25.3 Å². The van der Waals surface area contributed by atoms with Gasteiger partial charge in [0.1, 0.15) is 5.75 Å². The minimum atomic E-state index is -1.30. The quantitative estimate of drug-likeness (QED) is 0.779. The first-order valence-electron chi connectivity index (χ1n) is 5.05. The van der Waals surface area contributed by atoms with E-state index in [4.69, 9.17) is 9.47 Å². The molecule has 0 aliphatic heterocycles. The van der Waals surface area contributed by atoms with Gasteiger partial charge in [0.2, 0.25) is 0 Å². The average Bonchev–Trinajstić information content (AvgIpc) is 2.37. The van der Waals surface area contributed by atoms with Crippen LogP contribution in [0.5, 0.6) is 5.75 Å². The van der Waals surface area contributed by atoms with Crippen molar-refractivity contribution in [2.45, 2.75) is 12.7 Å². The predicted molar refractivity (Wildman–Crippen MR) is 60.7 cm³/mol. The molecule has 0 spiro atoms. The van der Waals surface area contributed by atoms with Crippen LogP contribution in [0, 0.1) is 0 Å². The first-order chi connectivity index (χ1) is 8.13. The zero-order valence-electron chi connectivity index (χ0n) is 10.1. The lowest BCUT2D eigenvalue weighted by Crippen LogP contribution is -2.13. The van der Waals surface area contributed by atoms with Crippen LogP contribution in [0.25, 0.3) is 0 Å². The van der Waals surface area contributed by atoms with Crippen molar-refractivity contribution >= 4 is 5.97 Å². The highest BCUT2D eigenvalue weighted by molar-refractivity contribution is 5.76. The number of ether oxygens (including phenoxy) is 3. The number of hydrogen-bond acceptors (Lipinski definition) is 5. The highest BCUT2D eigenvalue weighted by Crippen LogP contribution is 2.25. The van der Waals surface area contributed by atoms with E-state index in [-0.39, 0.29) is 0 Å². The number of aliphatic hydroxyl groups excluding tert-OH is 1. The molecule has 0 bridgehead atoms. The maximum absolute atomic E-state index is 11.2. The summed E-state index contributed by atoms with van der Waals surface area (Å²) in [4.78, 5) is 11.2. The minimum absolute atomic E-state index is 0.401. The minimum Gasteiger partial charge on any atom is -0.496 e. The third-order valence-electron chi connectivity index (χ3n) is 2.35. The van der Waals surface area contributed by atoms with Crippen molar-refractivity contribution in [2.24, 2.45) is 0 Å². The monoisotopic (exact) mass is 240 g/mol. The molecular formula is C12H16O5. The molecule has 1 N–H and O–H groups in total. The second kappa shape index (κ2) is 6.22. The molecule has 94 valence electrons. The Morgan fingerprint density at radius 3 is 2.59 bits per heavy atom. The molecule has 1 aromatic rings. The Morgan fingerprint density at radius 2 is 2.06 bits per heavy atom. The van der Waals surface area contributed by atoms with Crippen LogP contribution in [-0.2, 0) is 20.9 Å². The number of esters is 1. The van der Waals surface area contributed by atoms with Crippen LogP contribution < -0.4 is 4.74 Å². The van der Waals surface area contributed by atoms with E-state index in [0.29, 0.717) is 17.9 Å². The van der Waals surface area contributed by atoms with Crippen LogP contribution >= 0.6 is 0 Å². The van der Waals surface area contributed by atoms with Crippen LogP contribution in [0.3, 0.4) is 0 Å². The smallest absolute Gasteiger partial charge is 0.339 e. The molecule has 0 amide bonds. The molecule has 5 nitrogen and oxygen atoms in total. The predicted octanol–water partition coefficient (Wildman–Crippen LogP) is 1.05. The largest absolute Gasteiger partial charge is 0.496 e. The first-order valence-corrected chi connectivity index (χ1v) is 5.05. The van der Waals surface area contributed by atoms with Crippen LogP contribution in [0.2, 0.25) is 0 Å². The van der Waals surface area contributed by atoms with Crippen molar-refractivity contribution in [2.75, 3.05) is 21.3 Å². The Hall–Kier alpha value is -1.59. The standard InChI is InChI=1S/C12H16O5/c1-15-7-9-5-4-8(6-10(9)16-2)11(13)12(14)17-3/h4-6,11,13H,7H2,1-3H3. The molecule has 0 aliphatic carbocycles. The average molecular weight is 240 g/mol. The van der Waals surface area contributed by atoms with Gasteiger partial charge in [-0.2, -0.15) is 0 Å². The van der Waals surface area contributed by atoms with Gasteiger partial charge in [-0.1, -0.05) is 12.1 Å². The number of methoxy groups -OCH3 is 3. The second-order valence-electron chi connectivity index (χ2n) is 3.43. The Balaban J connectivity index is 3.00. The molecule has 0 aromatic heterocycles. The summed E-state index contributed by atoms with van der Waals surface area (Å²) < 4.78 is 14.6. The van der Waals surface area contributed by atoms with Crippen molar-refractivity contribution in [1.29, 1.82) is 0 Å². The van der Waals surface area contributed by atoms with Gasteiger partial charge in [0, 0.05) is 12.7 Å². The summed E-state index contributed by atoms with van der Waals surface area (Å²) in [5, 5.41) is 9.67. The van der Waals surface area contributed by atoms with E-state index in [1.807, 2.05) is 0 Å². The number of carbonyl (C=O) groups excluding carboxylic acids is 1. The van der Waals surface area contributed by atoms with Crippen LogP contribution in [0.4, 0.5) is 0 Å². The molecule has 0 fully saturated rings. The van der Waals surface area contributed by atoms with Gasteiger partial charge in [0.25, 0.3) is 0 Å². The van der Waals surface area contributed by atoms with Gasteiger partial charge >= 0.3 is 5.97 Å². The number of rotatable bonds is 5. The first kappa shape index (κ1) is 13.5. The van der Waals surface area contributed by atoms with E-state index in [9.17, 15) is 9.90 Å². The van der Waals surface area contributed by atoms with Crippen molar-refractivity contribution in [1.82, 2.24) is 0 Å². The summed E-state index contributed by atoms with van der Waals surface area (Å²) in [6.45, 7) is 0.401. The van der Waals surface area contributed by atoms with Gasteiger partial charge in [0.15, 0.2) is 6.10 Å². The summed E-state index contributed by atoms with van der Waals surface area (Å²) in [5.74, 6) is -0.140. The third-order valence-corrected chi connectivity index (χ3v) is 2.35. The molecule has 17 heavy (non-hydrogen) atoms. The molecule has 1 rings (SSSR count). The maximum atomic E-state index is 11.2. The van der Waals surface area contributed by atoms with Gasteiger partial charge in [0.05, 0.1) is 20.8 Å². The summed E-state index contributed by atoms with van der Waals surface area (Å²) >= 11 is 0. The molecule has 5 heteroatoms. The van der Waals surface area contributed by atoms with Gasteiger partial charge < -0.3 is 19.3 Å². The highest BCUT2D eigenvalue weighted by atomic mass is 16.5. The summed E-state index contributed by atoms with van der Waals surface area (Å²) in [5.41, 5.74) is 1.27. The Morgan fingerprint density at radius 1 is 1.35 bits per heavy atom. The number of benzene rings is 1. The third kappa shape index (κ3) is 3.18. The lowest BCUT2D eigenvalue weighted by Gasteiger charge is -2.13.